The number of hydrogen-bond acceptors (Lipinski definition) is 5. The Morgan fingerprint density at radius 1 is 0.816 bits per heavy atom. The Balaban J connectivity index is 1.59. The van der Waals surface area contributed by atoms with E-state index in [1.165, 1.54) is 0 Å². The van der Waals surface area contributed by atoms with Gasteiger partial charge in [-0.05, 0) is 74.9 Å². The van der Waals surface area contributed by atoms with Gasteiger partial charge in [-0.15, -0.1) is 0 Å². The van der Waals surface area contributed by atoms with Crippen LogP contribution in [-0.4, -0.2) is 29.6 Å². The molecule has 0 bridgehead atoms. The zero-order valence-electron chi connectivity index (χ0n) is 21.5. The number of benzene rings is 2. The molecule has 1 heterocycles. The summed E-state index contributed by atoms with van der Waals surface area (Å²) in [7, 11) is 0. The van der Waals surface area contributed by atoms with Crippen LogP contribution in [0, 0.1) is 0 Å². The molecule has 2 aromatic rings. The van der Waals surface area contributed by atoms with E-state index in [1.54, 1.807) is 12.1 Å². The van der Waals surface area contributed by atoms with Gasteiger partial charge in [0.2, 0.25) is 0 Å². The lowest BCUT2D eigenvalue weighted by Crippen LogP contribution is -2.39. The van der Waals surface area contributed by atoms with E-state index >= 15 is 0 Å². The van der Waals surface area contributed by atoms with Gasteiger partial charge in [-0.3, -0.25) is 9.59 Å². The maximum absolute atomic E-state index is 13.4. The minimum Gasteiger partial charge on any atom is -0.490 e. The van der Waals surface area contributed by atoms with Gasteiger partial charge in [0.05, 0.1) is 21.7 Å². The molecule has 0 spiro atoms. The fraction of sp³-hybridized carbons (Fsp3) is 0.400. The number of ketones is 2. The summed E-state index contributed by atoms with van der Waals surface area (Å²) >= 11 is 19.0. The number of ether oxygens (including phenoxy) is 2. The molecule has 2 aliphatic carbocycles. The number of carbonyl (C=O) groups is 2. The first kappa shape index (κ1) is 27.1. The molecule has 0 atom stereocenters. The molecule has 0 unspecified atom stereocenters. The Morgan fingerprint density at radius 3 is 2.05 bits per heavy atom. The molecule has 5 nitrogen and oxygen atoms in total. The monoisotopic (exact) mass is 573 g/mol. The van der Waals surface area contributed by atoms with Gasteiger partial charge in [0.25, 0.3) is 0 Å². The minimum atomic E-state index is -0.454. The lowest BCUT2D eigenvalue weighted by Gasteiger charge is -2.43. The normalized spacial score (nSPS) is 18.1. The van der Waals surface area contributed by atoms with Crippen molar-refractivity contribution >= 4 is 46.4 Å². The van der Waals surface area contributed by atoms with Crippen LogP contribution in [0.5, 0.6) is 11.5 Å². The summed E-state index contributed by atoms with van der Waals surface area (Å²) in [5.41, 5.74) is 5.18. The van der Waals surface area contributed by atoms with Crippen LogP contribution in [0.25, 0.3) is 0 Å². The summed E-state index contributed by atoms with van der Waals surface area (Å²) in [5, 5.41) is 1.28. The molecule has 0 saturated heterocycles. The molecule has 5 rings (SSSR count). The highest BCUT2D eigenvalue weighted by Crippen LogP contribution is 2.51. The maximum atomic E-state index is 13.4. The topological polar surface area (TPSA) is 55.8 Å². The highest BCUT2D eigenvalue weighted by atomic mass is 35.5. The first-order valence-corrected chi connectivity index (χ1v) is 14.3. The van der Waals surface area contributed by atoms with Gasteiger partial charge < -0.3 is 14.4 Å². The summed E-state index contributed by atoms with van der Waals surface area (Å²) in [6, 6.07) is 9.01. The second-order valence-corrected chi connectivity index (χ2v) is 11.0. The zero-order chi connectivity index (χ0) is 27.0. The first-order valence-electron chi connectivity index (χ1n) is 13.2. The van der Waals surface area contributed by atoms with E-state index in [9.17, 15) is 9.59 Å². The van der Waals surface area contributed by atoms with Crippen molar-refractivity contribution in [3.63, 3.8) is 0 Å². The largest absolute Gasteiger partial charge is 0.490 e. The second kappa shape index (κ2) is 11.3. The summed E-state index contributed by atoms with van der Waals surface area (Å²) in [4.78, 5) is 29.0. The average molecular weight is 575 g/mol. The Morgan fingerprint density at radius 2 is 1.47 bits per heavy atom. The quantitative estimate of drug-likeness (QED) is 0.335. The Bertz CT molecular complexity index is 1320. The van der Waals surface area contributed by atoms with Crippen molar-refractivity contribution in [1.29, 1.82) is 0 Å². The van der Waals surface area contributed by atoms with Crippen LogP contribution in [0.3, 0.4) is 0 Å². The highest BCUT2D eigenvalue weighted by Gasteiger charge is 2.43. The van der Waals surface area contributed by atoms with Crippen LogP contribution >= 0.6 is 34.8 Å². The molecule has 0 saturated carbocycles. The standard InChI is InChI=1S/C30H30Cl3NO4/c1-3-34-22-7-5-9-24(35)28(22)27(29-23(34)8-6-10-25(29)36)18-14-21(33)30(26(15-18)37-4-2)38-16-17-11-12-19(31)20(32)13-17/h11-15,27H,3-10,16H2,1-2H3. The van der Waals surface area contributed by atoms with Gasteiger partial charge >= 0.3 is 0 Å². The van der Waals surface area contributed by atoms with Gasteiger partial charge in [-0.2, -0.15) is 0 Å². The molecule has 1 aliphatic heterocycles. The van der Waals surface area contributed by atoms with Gasteiger partial charge in [0.1, 0.15) is 6.61 Å². The van der Waals surface area contributed by atoms with Crippen LogP contribution in [0.2, 0.25) is 15.1 Å². The molecular formula is C30H30Cl3NO4. The van der Waals surface area contributed by atoms with Gasteiger partial charge in [0.15, 0.2) is 23.1 Å². The lowest BCUT2D eigenvalue weighted by atomic mass is 9.71. The Labute approximate surface area is 238 Å². The van der Waals surface area contributed by atoms with Gasteiger partial charge in [-0.1, -0.05) is 40.9 Å². The predicted octanol–water partition coefficient (Wildman–Crippen LogP) is 8.06. The smallest absolute Gasteiger partial charge is 0.180 e. The molecule has 8 heteroatoms. The van der Waals surface area contributed by atoms with E-state index in [-0.39, 0.29) is 18.2 Å². The minimum absolute atomic E-state index is 0.105. The maximum Gasteiger partial charge on any atom is 0.180 e. The molecule has 0 fully saturated rings. The van der Waals surface area contributed by atoms with Crippen LogP contribution in [0.4, 0.5) is 0 Å². The molecule has 0 radical (unpaired) electrons. The fourth-order valence-electron chi connectivity index (χ4n) is 5.87. The lowest BCUT2D eigenvalue weighted by molar-refractivity contribution is -0.117. The SMILES string of the molecule is CCOc1cc(C2C3=C(CCCC3=O)N(CC)C3=C2C(=O)CCC3)cc(Cl)c1OCc1ccc(Cl)c(Cl)c1. The number of hydrogen-bond donors (Lipinski definition) is 0. The third-order valence-corrected chi connectivity index (χ3v) is 8.45. The van der Waals surface area contributed by atoms with Gasteiger partial charge in [-0.25, -0.2) is 0 Å². The number of carbonyl (C=O) groups excluding carboxylic acids is 2. The first-order chi connectivity index (χ1) is 18.3. The van der Waals surface area contributed by atoms with Crippen LogP contribution in [0.1, 0.15) is 69.4 Å². The molecule has 0 N–H and O–H groups in total. The number of nitrogens with zero attached hydrogens (tertiary/aromatic N) is 1. The zero-order valence-corrected chi connectivity index (χ0v) is 23.8. The number of Topliss-reactive ketones (excluding diaryl/α,β-unsaturated/α-hetero) is 2. The van der Waals surface area contributed by atoms with Crippen molar-refractivity contribution in [2.75, 3.05) is 13.2 Å². The molecule has 0 aromatic heterocycles. The van der Waals surface area contributed by atoms with E-state index in [1.807, 2.05) is 25.1 Å². The molecule has 0 amide bonds. The van der Waals surface area contributed by atoms with E-state index < -0.39 is 5.92 Å². The third-order valence-electron chi connectivity index (χ3n) is 7.43. The van der Waals surface area contributed by atoms with Crippen LogP contribution in [0.15, 0.2) is 52.9 Å². The number of rotatable bonds is 7. The Hall–Kier alpha value is -2.47. The fourth-order valence-corrected chi connectivity index (χ4v) is 6.47. The second-order valence-electron chi connectivity index (χ2n) is 9.75. The number of halogens is 3. The van der Waals surface area contributed by atoms with E-state index in [0.29, 0.717) is 46.0 Å². The summed E-state index contributed by atoms with van der Waals surface area (Å²) in [5.74, 6) is 0.637. The molecule has 38 heavy (non-hydrogen) atoms. The van der Waals surface area contributed by atoms with E-state index in [0.717, 1.165) is 65.9 Å². The van der Waals surface area contributed by atoms with E-state index in [2.05, 4.69) is 11.8 Å². The highest BCUT2D eigenvalue weighted by molar-refractivity contribution is 6.42. The molecule has 200 valence electrons. The molecule has 3 aliphatic rings. The van der Waals surface area contributed by atoms with E-state index in [4.69, 9.17) is 44.3 Å². The van der Waals surface area contributed by atoms with Crippen LogP contribution in [-0.2, 0) is 16.2 Å². The van der Waals surface area contributed by atoms with Crippen molar-refractivity contribution in [3.05, 3.63) is 79.1 Å². The molecular weight excluding hydrogens is 545 g/mol. The average Bonchev–Trinajstić information content (AvgIpc) is 2.89. The predicted molar refractivity (Wildman–Crippen MR) is 150 cm³/mol. The van der Waals surface area contributed by atoms with Crippen molar-refractivity contribution < 1.29 is 19.1 Å². The van der Waals surface area contributed by atoms with Crippen LogP contribution < -0.4 is 9.47 Å². The van der Waals surface area contributed by atoms with Crippen molar-refractivity contribution in [2.45, 2.75) is 64.9 Å². The third kappa shape index (κ3) is 4.97. The number of allylic oxidation sites excluding steroid dienone is 4. The van der Waals surface area contributed by atoms with Crippen molar-refractivity contribution in [2.24, 2.45) is 0 Å². The summed E-state index contributed by atoms with van der Waals surface area (Å²) in [6.07, 6.45) is 4.27. The molecule has 2 aromatic carbocycles. The van der Waals surface area contributed by atoms with Crippen molar-refractivity contribution in [3.8, 4) is 11.5 Å². The summed E-state index contributed by atoms with van der Waals surface area (Å²) in [6.45, 7) is 5.32. The Kier molecular flexibility index (Phi) is 8.08. The summed E-state index contributed by atoms with van der Waals surface area (Å²) < 4.78 is 12.1. The van der Waals surface area contributed by atoms with Crippen molar-refractivity contribution in [1.82, 2.24) is 4.90 Å². The van der Waals surface area contributed by atoms with Gasteiger partial charge in [0, 0.05) is 47.8 Å².